The maximum atomic E-state index is 11.3. The largest absolute Gasteiger partial charge is 0.394 e. The van der Waals surface area contributed by atoms with Gasteiger partial charge in [0, 0.05) is 13.8 Å². The molecular formula is C38H71I3N2O26. The predicted octanol–water partition coefficient (Wildman–Crippen LogP) is -8.72. The summed E-state index contributed by atoms with van der Waals surface area (Å²) in [5, 5.41) is 169. The Labute approximate surface area is 438 Å². The van der Waals surface area contributed by atoms with Gasteiger partial charge in [-0.2, -0.15) is 0 Å². The maximum absolute atomic E-state index is 11.3. The van der Waals surface area contributed by atoms with Crippen LogP contribution in [-0.2, 0) is 42.7 Å². The van der Waals surface area contributed by atoms with Gasteiger partial charge in [0.25, 0.3) is 0 Å². The molecule has 0 aromatic rings. The third-order valence-electron chi connectivity index (χ3n) is 11.2. The second kappa shape index (κ2) is 33.3. The normalized spacial score (nSPS) is 44.2. The number of aliphatic hydroxyl groups excluding tert-OH is 17. The van der Waals surface area contributed by atoms with E-state index in [1.54, 1.807) is 13.8 Å². The van der Waals surface area contributed by atoms with Crippen molar-refractivity contribution in [1.82, 2.24) is 10.6 Å². The van der Waals surface area contributed by atoms with Crippen molar-refractivity contribution in [3.63, 3.8) is 0 Å². The van der Waals surface area contributed by atoms with E-state index < -0.39 is 185 Å². The average Bonchev–Trinajstić information content (AvgIpc) is 3.32. The highest BCUT2D eigenvalue weighted by Gasteiger charge is 2.52. The number of halogens is 3. The van der Waals surface area contributed by atoms with Gasteiger partial charge >= 0.3 is 0 Å². The fourth-order valence-electron chi connectivity index (χ4n) is 7.54. The van der Waals surface area contributed by atoms with Crippen LogP contribution in [0.25, 0.3) is 0 Å². The predicted molar refractivity (Wildman–Crippen MR) is 256 cm³/mol. The van der Waals surface area contributed by atoms with E-state index >= 15 is 0 Å². The Morgan fingerprint density at radius 2 is 0.739 bits per heavy atom. The fourth-order valence-corrected chi connectivity index (χ4v) is 7.54. The van der Waals surface area contributed by atoms with Crippen LogP contribution in [0, 0.1) is 0 Å². The van der Waals surface area contributed by atoms with Crippen LogP contribution >= 0.6 is 67.8 Å². The molecule has 0 saturated carbocycles. The molecule has 5 heterocycles. The minimum Gasteiger partial charge on any atom is -0.394 e. The molecule has 410 valence electrons. The first-order valence-corrected chi connectivity index (χ1v) is 26.4. The van der Waals surface area contributed by atoms with Gasteiger partial charge in [0.2, 0.25) is 11.8 Å². The molecule has 25 atom stereocenters. The molecule has 5 rings (SSSR count). The molecule has 69 heavy (non-hydrogen) atoms. The molecule has 0 aromatic heterocycles. The number of ether oxygens (including phenoxy) is 7. The fraction of sp³-hybridized carbons (Fsp3) is 0.947. The molecule has 2 amide bonds. The summed E-state index contributed by atoms with van der Waals surface area (Å²) in [6.45, 7) is 3.00. The SMILES string of the molecule is CC(=O)NC1C(C)OC(CO)C(O)C1O.CC(=O)NC1C(C)OC(CO)C(OC2OC(CO)C(O)C(O)C2O)C1O.CI.ICI.OCC1OC(OC2C(CO)OC(O)C(O)C2O)C(O)C(O)C1O. The maximum Gasteiger partial charge on any atom is 0.217 e. The van der Waals surface area contributed by atoms with Gasteiger partial charge in [-0.3, -0.25) is 9.59 Å². The van der Waals surface area contributed by atoms with E-state index in [0.29, 0.717) is 0 Å². The summed E-state index contributed by atoms with van der Waals surface area (Å²) >= 11 is 6.70. The summed E-state index contributed by atoms with van der Waals surface area (Å²) in [7, 11) is 0. The number of hydrogen-bond acceptors (Lipinski definition) is 26. The van der Waals surface area contributed by atoms with Crippen molar-refractivity contribution in [3.8, 4) is 0 Å². The number of rotatable bonds is 11. The van der Waals surface area contributed by atoms with Crippen LogP contribution in [0.15, 0.2) is 0 Å². The zero-order chi connectivity index (χ0) is 53.2. The van der Waals surface area contributed by atoms with Gasteiger partial charge < -0.3 is 131 Å². The highest BCUT2D eigenvalue weighted by molar-refractivity contribution is 14.2. The second-order valence-electron chi connectivity index (χ2n) is 16.0. The monoisotopic (exact) mass is 1350 g/mol. The number of carbonyl (C=O) groups is 2. The van der Waals surface area contributed by atoms with Gasteiger partial charge in [0.1, 0.15) is 110 Å². The van der Waals surface area contributed by atoms with Crippen molar-refractivity contribution in [2.45, 2.75) is 181 Å². The molecule has 5 saturated heterocycles. The standard InChI is InChI=1S/C15H27NO10.C12H22O11.C9H17NO5.CH2I2.CH3I/c1-5-9(16-6(2)19)11(21)14(8(4-18)24-5)26-15-13(23)12(22)10(20)7(3-17)25-15;13-1-3-5(15)6(16)9(19)12(22-3)23-10-4(2-14)21-11(20)8(18)7(10)17;1-4-7(10-5(2)12)9(14)8(13)6(3-11)15-4;2-1-3;1-2/h5,7-15,17-18,20-23H,3-4H2,1-2H3,(H,16,19);3-20H,1-2H2;4,6-9,11,13-14H,3H2,1-2H3,(H,10,12);1H2;1H3. The lowest BCUT2D eigenvalue weighted by molar-refractivity contribution is -0.355. The van der Waals surface area contributed by atoms with Crippen LogP contribution in [0.5, 0.6) is 0 Å². The van der Waals surface area contributed by atoms with Crippen LogP contribution in [0.1, 0.15) is 27.7 Å². The Bertz CT molecular complexity index is 1440. The van der Waals surface area contributed by atoms with E-state index in [1.165, 1.54) is 16.3 Å². The molecule has 28 nitrogen and oxygen atoms in total. The zero-order valence-corrected chi connectivity index (χ0v) is 44.6. The quantitative estimate of drug-likeness (QED) is 0.0675. The second-order valence-corrected chi connectivity index (χ2v) is 20.4. The van der Waals surface area contributed by atoms with Crippen molar-refractivity contribution >= 4 is 79.6 Å². The van der Waals surface area contributed by atoms with Gasteiger partial charge in [-0.05, 0) is 18.8 Å². The van der Waals surface area contributed by atoms with Gasteiger partial charge in [-0.25, -0.2) is 0 Å². The Hall–Kier alpha value is 0.170. The van der Waals surface area contributed by atoms with Crippen LogP contribution in [-0.4, -0.2) is 292 Å². The molecule has 5 aliphatic rings. The number of hydrogen-bond donors (Lipinski definition) is 19. The summed E-state index contributed by atoms with van der Waals surface area (Å²) in [5.74, 6) is -0.706. The molecule has 0 aliphatic carbocycles. The minimum atomic E-state index is -1.74. The lowest BCUT2D eigenvalue weighted by atomic mass is 9.92. The summed E-state index contributed by atoms with van der Waals surface area (Å²) < 4.78 is 38.1. The van der Waals surface area contributed by atoms with E-state index in [0.717, 1.165) is 0 Å². The molecule has 0 aromatic carbocycles. The van der Waals surface area contributed by atoms with Gasteiger partial charge in [0.15, 0.2) is 18.9 Å². The first-order valence-electron chi connectivity index (χ1n) is 21.2. The van der Waals surface area contributed by atoms with Crippen LogP contribution in [0.3, 0.4) is 0 Å². The van der Waals surface area contributed by atoms with Crippen molar-refractivity contribution in [2.24, 2.45) is 0 Å². The first-order chi connectivity index (χ1) is 32.4. The molecule has 0 bridgehead atoms. The molecule has 25 unspecified atom stereocenters. The Morgan fingerprint density at radius 3 is 1.10 bits per heavy atom. The summed E-state index contributed by atoms with van der Waals surface area (Å²) in [5.41, 5.74) is 0. The Kier molecular flexibility index (Phi) is 32.4. The lowest BCUT2D eigenvalue weighted by Crippen LogP contribution is -2.66. The van der Waals surface area contributed by atoms with Crippen LogP contribution < -0.4 is 10.6 Å². The number of aliphatic hydroxyl groups is 17. The smallest absolute Gasteiger partial charge is 0.217 e. The van der Waals surface area contributed by atoms with Crippen molar-refractivity contribution < 1.29 is 130 Å². The van der Waals surface area contributed by atoms with Crippen molar-refractivity contribution in [1.29, 1.82) is 0 Å². The van der Waals surface area contributed by atoms with Crippen molar-refractivity contribution in [2.75, 3.05) is 40.4 Å². The van der Waals surface area contributed by atoms with Gasteiger partial charge in [-0.1, -0.05) is 67.8 Å². The van der Waals surface area contributed by atoms with E-state index in [-0.39, 0.29) is 12.5 Å². The van der Waals surface area contributed by atoms with E-state index in [4.69, 9.17) is 43.4 Å². The van der Waals surface area contributed by atoms with E-state index in [2.05, 4.69) is 78.4 Å². The summed E-state index contributed by atoms with van der Waals surface area (Å²) in [6.07, 6.45) is -30.8. The molecular weight excluding hydrogens is 1280 g/mol. The molecule has 5 fully saturated rings. The number of alkyl halides is 3. The molecule has 5 aliphatic heterocycles. The topological polar surface area (TPSA) is 467 Å². The average molecular weight is 1350 g/mol. The highest BCUT2D eigenvalue weighted by atomic mass is 127. The summed E-state index contributed by atoms with van der Waals surface area (Å²) in [4.78, 5) is 24.2. The Balaban J connectivity index is 0.000000508. The Morgan fingerprint density at radius 1 is 0.435 bits per heavy atom. The summed E-state index contributed by atoms with van der Waals surface area (Å²) in [6, 6.07) is -1.49. The minimum absolute atomic E-state index is 0.302. The number of amides is 2. The third kappa shape index (κ3) is 18.8. The van der Waals surface area contributed by atoms with E-state index in [9.17, 15) is 86.2 Å². The molecule has 0 spiro atoms. The molecule has 31 heteroatoms. The first kappa shape index (κ1) is 67.2. The number of carbonyl (C=O) groups excluding carboxylic acids is 2. The zero-order valence-electron chi connectivity index (χ0n) is 38.1. The highest BCUT2D eigenvalue weighted by Crippen LogP contribution is 2.31. The number of nitrogens with one attached hydrogen (secondary N) is 2. The van der Waals surface area contributed by atoms with Crippen molar-refractivity contribution in [3.05, 3.63) is 0 Å². The van der Waals surface area contributed by atoms with Crippen LogP contribution in [0.4, 0.5) is 0 Å². The third-order valence-corrected chi connectivity index (χ3v) is 11.2. The molecule has 19 N–H and O–H groups in total. The lowest BCUT2D eigenvalue weighted by Gasteiger charge is -2.46. The molecule has 0 radical (unpaired) electrons. The van der Waals surface area contributed by atoms with E-state index in [1.807, 2.05) is 4.93 Å². The van der Waals surface area contributed by atoms with Gasteiger partial charge in [0.05, 0.1) is 59.8 Å². The van der Waals surface area contributed by atoms with Gasteiger partial charge in [-0.15, -0.1) is 0 Å². The van der Waals surface area contributed by atoms with Crippen LogP contribution in [0.2, 0.25) is 0 Å².